The van der Waals surface area contributed by atoms with Gasteiger partial charge in [0, 0.05) is 20.6 Å². The normalized spacial score (nSPS) is 18.6. The summed E-state index contributed by atoms with van der Waals surface area (Å²) >= 11 is 5.45. The number of likely N-dealkylation sites (N-methyl/N-ethyl adjacent to an activating group) is 1. The SMILES string of the molecule is CCNC(c1cc(Br)c(C)s1)C1Cc2ccccc2O1. The van der Waals surface area contributed by atoms with Crippen LogP contribution in [0.2, 0.25) is 0 Å². The van der Waals surface area contributed by atoms with Crippen molar-refractivity contribution in [3.8, 4) is 5.75 Å². The van der Waals surface area contributed by atoms with Gasteiger partial charge in [0.05, 0.1) is 6.04 Å². The summed E-state index contributed by atoms with van der Waals surface area (Å²) in [4.78, 5) is 2.66. The van der Waals surface area contributed by atoms with E-state index in [0.29, 0.717) is 0 Å². The first kappa shape index (κ1) is 14.1. The summed E-state index contributed by atoms with van der Waals surface area (Å²) in [6, 6.07) is 10.8. The number of nitrogens with one attached hydrogen (secondary N) is 1. The van der Waals surface area contributed by atoms with E-state index in [4.69, 9.17) is 4.74 Å². The molecule has 0 radical (unpaired) electrons. The summed E-state index contributed by atoms with van der Waals surface area (Å²) in [5, 5.41) is 3.58. The molecule has 2 unspecified atom stereocenters. The average molecular weight is 352 g/mol. The Morgan fingerprint density at radius 1 is 1.45 bits per heavy atom. The fraction of sp³-hybridized carbons (Fsp3) is 0.375. The maximum atomic E-state index is 6.15. The lowest BCUT2D eigenvalue weighted by atomic mass is 10.0. The van der Waals surface area contributed by atoms with Crippen molar-refractivity contribution in [1.82, 2.24) is 5.32 Å². The van der Waals surface area contributed by atoms with Gasteiger partial charge in [0.15, 0.2) is 0 Å². The largest absolute Gasteiger partial charge is 0.488 e. The second-order valence-electron chi connectivity index (χ2n) is 5.06. The first-order valence-corrected chi connectivity index (χ1v) is 8.53. The molecule has 0 saturated carbocycles. The minimum atomic E-state index is 0.178. The molecule has 1 aromatic carbocycles. The summed E-state index contributed by atoms with van der Waals surface area (Å²) in [6.45, 7) is 5.23. The minimum absolute atomic E-state index is 0.178. The van der Waals surface area contributed by atoms with Crippen molar-refractivity contribution >= 4 is 27.3 Å². The molecule has 20 heavy (non-hydrogen) atoms. The average Bonchev–Trinajstić information content (AvgIpc) is 3.00. The first-order valence-electron chi connectivity index (χ1n) is 6.92. The number of fused-ring (bicyclic) bond motifs is 1. The molecule has 1 aliphatic heterocycles. The Morgan fingerprint density at radius 2 is 2.25 bits per heavy atom. The molecule has 2 heterocycles. The Bertz CT molecular complexity index is 566. The zero-order valence-corrected chi connectivity index (χ0v) is 14.1. The van der Waals surface area contributed by atoms with E-state index in [9.17, 15) is 0 Å². The third-order valence-electron chi connectivity index (χ3n) is 3.65. The molecule has 0 amide bonds. The van der Waals surface area contributed by atoms with Crippen LogP contribution in [-0.2, 0) is 6.42 Å². The van der Waals surface area contributed by atoms with Crippen molar-refractivity contribution in [3.05, 3.63) is 50.1 Å². The summed E-state index contributed by atoms with van der Waals surface area (Å²) in [5.74, 6) is 1.03. The minimum Gasteiger partial charge on any atom is -0.488 e. The van der Waals surface area contributed by atoms with Crippen LogP contribution in [0, 0.1) is 6.92 Å². The summed E-state index contributed by atoms with van der Waals surface area (Å²) in [6.07, 6.45) is 1.15. The number of hydrogen-bond acceptors (Lipinski definition) is 3. The number of halogens is 1. The van der Waals surface area contributed by atoms with E-state index in [1.165, 1.54) is 19.8 Å². The molecule has 0 fully saturated rings. The Balaban J connectivity index is 1.86. The van der Waals surface area contributed by atoms with Gasteiger partial charge in [-0.2, -0.15) is 0 Å². The van der Waals surface area contributed by atoms with Crippen LogP contribution in [0.4, 0.5) is 0 Å². The molecular weight excluding hydrogens is 334 g/mol. The third-order valence-corrected chi connectivity index (χ3v) is 5.87. The van der Waals surface area contributed by atoms with Gasteiger partial charge in [-0.15, -0.1) is 11.3 Å². The fourth-order valence-electron chi connectivity index (χ4n) is 2.66. The molecule has 2 nitrogen and oxygen atoms in total. The number of rotatable bonds is 4. The van der Waals surface area contributed by atoms with Gasteiger partial charge in [0.2, 0.25) is 0 Å². The third kappa shape index (κ3) is 2.65. The van der Waals surface area contributed by atoms with Gasteiger partial charge >= 0.3 is 0 Å². The second-order valence-corrected chi connectivity index (χ2v) is 7.20. The number of aryl methyl sites for hydroxylation is 1. The highest BCUT2D eigenvalue weighted by Crippen LogP contribution is 2.38. The van der Waals surface area contributed by atoms with Crippen LogP contribution in [0.15, 0.2) is 34.8 Å². The predicted molar refractivity (Wildman–Crippen MR) is 87.7 cm³/mol. The highest BCUT2D eigenvalue weighted by atomic mass is 79.9. The van der Waals surface area contributed by atoms with E-state index >= 15 is 0 Å². The molecule has 4 heteroatoms. The van der Waals surface area contributed by atoms with Gasteiger partial charge in [-0.1, -0.05) is 25.1 Å². The molecular formula is C16H18BrNOS. The van der Waals surface area contributed by atoms with Gasteiger partial charge < -0.3 is 10.1 Å². The van der Waals surface area contributed by atoms with Gasteiger partial charge in [-0.3, -0.25) is 0 Å². The number of thiophene rings is 1. The van der Waals surface area contributed by atoms with Crippen LogP contribution in [0.1, 0.15) is 28.3 Å². The molecule has 106 valence electrons. The van der Waals surface area contributed by atoms with Crippen LogP contribution >= 0.6 is 27.3 Å². The van der Waals surface area contributed by atoms with E-state index in [-0.39, 0.29) is 12.1 Å². The lowest BCUT2D eigenvalue weighted by molar-refractivity contribution is 0.181. The zero-order chi connectivity index (χ0) is 14.1. The van der Waals surface area contributed by atoms with E-state index < -0.39 is 0 Å². The molecule has 0 aliphatic carbocycles. The van der Waals surface area contributed by atoms with Crippen molar-refractivity contribution in [3.63, 3.8) is 0 Å². The first-order chi connectivity index (χ1) is 9.69. The number of para-hydroxylation sites is 1. The van der Waals surface area contributed by atoms with Crippen molar-refractivity contribution in [2.24, 2.45) is 0 Å². The molecule has 0 bridgehead atoms. The Hall–Kier alpha value is -0.840. The molecule has 1 aliphatic rings. The Morgan fingerprint density at radius 3 is 2.90 bits per heavy atom. The standard InChI is InChI=1S/C16H18BrNOS/c1-3-18-16(15-9-12(17)10(2)20-15)14-8-11-6-4-5-7-13(11)19-14/h4-7,9,14,16,18H,3,8H2,1-2H3. The van der Waals surface area contributed by atoms with E-state index in [0.717, 1.165) is 18.7 Å². The van der Waals surface area contributed by atoms with Crippen LogP contribution in [0.3, 0.4) is 0 Å². The van der Waals surface area contributed by atoms with Crippen LogP contribution in [0.5, 0.6) is 5.75 Å². The van der Waals surface area contributed by atoms with Crippen molar-refractivity contribution < 1.29 is 4.74 Å². The monoisotopic (exact) mass is 351 g/mol. The summed E-state index contributed by atoms with van der Waals surface area (Å²) in [7, 11) is 0. The van der Waals surface area contributed by atoms with E-state index in [1.807, 2.05) is 17.4 Å². The van der Waals surface area contributed by atoms with Crippen LogP contribution < -0.4 is 10.1 Å². The molecule has 3 rings (SSSR count). The second kappa shape index (κ2) is 5.88. The maximum Gasteiger partial charge on any atom is 0.123 e. The summed E-state index contributed by atoms with van der Waals surface area (Å²) in [5.41, 5.74) is 1.31. The number of hydrogen-bond donors (Lipinski definition) is 1. The molecule has 0 saturated heterocycles. The number of ether oxygens (including phenoxy) is 1. The Labute approximate surface area is 132 Å². The van der Waals surface area contributed by atoms with Crippen molar-refractivity contribution in [1.29, 1.82) is 0 Å². The molecule has 1 N–H and O–H groups in total. The predicted octanol–water partition coefficient (Wildman–Crippen LogP) is 4.47. The van der Waals surface area contributed by atoms with Gasteiger partial charge in [-0.25, -0.2) is 0 Å². The highest BCUT2D eigenvalue weighted by Gasteiger charge is 2.31. The number of benzene rings is 1. The lowest BCUT2D eigenvalue weighted by Crippen LogP contribution is -2.34. The quantitative estimate of drug-likeness (QED) is 0.876. The smallest absolute Gasteiger partial charge is 0.123 e. The molecule has 0 spiro atoms. The van der Waals surface area contributed by atoms with Gasteiger partial charge in [0.1, 0.15) is 11.9 Å². The topological polar surface area (TPSA) is 21.3 Å². The van der Waals surface area contributed by atoms with Gasteiger partial charge in [-0.05, 0) is 47.1 Å². The lowest BCUT2D eigenvalue weighted by Gasteiger charge is -2.23. The Kier molecular flexibility index (Phi) is 4.15. The molecule has 2 aromatic rings. The summed E-state index contributed by atoms with van der Waals surface area (Å²) < 4.78 is 7.34. The zero-order valence-electron chi connectivity index (χ0n) is 11.7. The van der Waals surface area contributed by atoms with Crippen LogP contribution in [-0.4, -0.2) is 12.6 Å². The van der Waals surface area contributed by atoms with Crippen molar-refractivity contribution in [2.75, 3.05) is 6.54 Å². The van der Waals surface area contributed by atoms with Crippen molar-refractivity contribution in [2.45, 2.75) is 32.4 Å². The highest BCUT2D eigenvalue weighted by molar-refractivity contribution is 9.10. The fourth-order valence-corrected chi connectivity index (χ4v) is 4.35. The van der Waals surface area contributed by atoms with E-state index in [2.05, 4.69) is 59.4 Å². The molecule has 2 atom stereocenters. The van der Waals surface area contributed by atoms with E-state index in [1.54, 1.807) is 0 Å². The van der Waals surface area contributed by atoms with Gasteiger partial charge in [0.25, 0.3) is 0 Å². The molecule has 1 aromatic heterocycles. The maximum absolute atomic E-state index is 6.15. The van der Waals surface area contributed by atoms with Crippen LogP contribution in [0.25, 0.3) is 0 Å².